The molecule has 3 heterocycles. The quantitative estimate of drug-likeness (QED) is 0.481. The van der Waals surface area contributed by atoms with Crippen LogP contribution < -0.4 is 0 Å². The summed E-state index contributed by atoms with van der Waals surface area (Å²) in [7, 11) is -3.36. The van der Waals surface area contributed by atoms with Crippen LogP contribution in [0.25, 0.3) is 0 Å². The minimum absolute atomic E-state index is 0.168. The van der Waals surface area contributed by atoms with Gasteiger partial charge < -0.3 is 4.74 Å². The molecule has 0 aromatic carbocycles. The number of hydrogen-bond donors (Lipinski definition) is 0. The van der Waals surface area contributed by atoms with Crippen LogP contribution >= 0.6 is 23.2 Å². The number of hydrogen-bond acceptors (Lipinski definition) is 3. The molecule has 0 saturated carbocycles. The highest BCUT2D eigenvalue weighted by Crippen LogP contribution is 2.55. The van der Waals surface area contributed by atoms with Gasteiger partial charge in [0.2, 0.25) is 0 Å². The van der Waals surface area contributed by atoms with Crippen LogP contribution in [0.15, 0.2) is 22.6 Å². The standard InChI is InChI=1S/C8H6Cl2O3S/c9-5-3-14(11,12)7-4-1-2-6(13-4)8(5,7)10/h1-4,6-7H. The van der Waals surface area contributed by atoms with Gasteiger partial charge in [-0.15, -0.1) is 11.6 Å². The van der Waals surface area contributed by atoms with Gasteiger partial charge in [-0.1, -0.05) is 23.8 Å². The van der Waals surface area contributed by atoms with Crippen molar-refractivity contribution in [1.82, 2.24) is 0 Å². The lowest BCUT2D eigenvalue weighted by Gasteiger charge is -2.26. The van der Waals surface area contributed by atoms with Crippen molar-refractivity contribution in [2.24, 2.45) is 0 Å². The molecule has 0 radical (unpaired) electrons. The Balaban J connectivity index is 2.27. The second kappa shape index (κ2) is 2.38. The van der Waals surface area contributed by atoms with E-state index >= 15 is 0 Å². The molecule has 76 valence electrons. The van der Waals surface area contributed by atoms with E-state index in [-0.39, 0.29) is 5.03 Å². The maximum Gasteiger partial charge on any atom is 0.180 e. The van der Waals surface area contributed by atoms with Gasteiger partial charge in [0.15, 0.2) is 9.84 Å². The molecule has 0 spiro atoms. The summed E-state index contributed by atoms with van der Waals surface area (Å²) < 4.78 is 28.8. The summed E-state index contributed by atoms with van der Waals surface area (Å²) >= 11 is 12.1. The maximum atomic E-state index is 11.7. The molecule has 4 unspecified atom stereocenters. The molecule has 3 rings (SSSR count). The zero-order valence-electron chi connectivity index (χ0n) is 6.85. The van der Waals surface area contributed by atoms with Gasteiger partial charge in [-0.2, -0.15) is 0 Å². The first kappa shape index (κ1) is 9.21. The van der Waals surface area contributed by atoms with E-state index < -0.39 is 32.2 Å². The Kier molecular flexibility index (Phi) is 1.56. The number of alkyl halides is 1. The fourth-order valence-electron chi connectivity index (χ4n) is 2.29. The predicted octanol–water partition coefficient (Wildman–Crippen LogP) is 1.18. The highest BCUT2D eigenvalue weighted by Gasteiger charge is 2.66. The number of ether oxygens (including phenoxy) is 1. The number of sulfone groups is 1. The molecule has 0 amide bonds. The SMILES string of the molecule is O=S1(=O)C=C(Cl)C2(Cl)C3C=CC(O3)C21. The molecule has 0 N–H and O–H groups in total. The van der Waals surface area contributed by atoms with Gasteiger partial charge in [-0.05, 0) is 0 Å². The van der Waals surface area contributed by atoms with E-state index in [4.69, 9.17) is 27.9 Å². The number of halogens is 2. The van der Waals surface area contributed by atoms with E-state index in [9.17, 15) is 8.42 Å². The third-order valence-corrected chi connectivity index (χ3v) is 6.24. The Labute approximate surface area is 91.2 Å². The lowest BCUT2D eigenvalue weighted by molar-refractivity contribution is 0.116. The Bertz CT molecular complexity index is 467. The van der Waals surface area contributed by atoms with Crippen LogP contribution in [-0.4, -0.2) is 30.7 Å². The molecule has 0 aliphatic carbocycles. The first-order chi connectivity index (χ1) is 6.46. The van der Waals surface area contributed by atoms with Crippen molar-refractivity contribution >= 4 is 33.0 Å². The highest BCUT2D eigenvalue weighted by molar-refractivity contribution is 7.95. The molecule has 14 heavy (non-hydrogen) atoms. The summed E-state index contributed by atoms with van der Waals surface area (Å²) in [4.78, 5) is -1.08. The molecule has 0 aromatic rings. The van der Waals surface area contributed by atoms with Crippen LogP contribution in [0.1, 0.15) is 0 Å². The second-order valence-electron chi connectivity index (χ2n) is 3.65. The zero-order valence-corrected chi connectivity index (χ0v) is 9.18. The van der Waals surface area contributed by atoms with Gasteiger partial charge in [0, 0.05) is 5.41 Å². The summed E-state index contributed by atoms with van der Waals surface area (Å²) in [5, 5.41) is 0.474. The fourth-order valence-corrected chi connectivity index (χ4v) is 5.59. The number of rotatable bonds is 0. The Hall–Kier alpha value is -0.0300. The summed E-state index contributed by atoms with van der Waals surface area (Å²) in [6.45, 7) is 0. The van der Waals surface area contributed by atoms with Gasteiger partial charge >= 0.3 is 0 Å². The molecule has 4 atom stereocenters. The largest absolute Gasteiger partial charge is 0.363 e. The van der Waals surface area contributed by atoms with Gasteiger partial charge in [-0.3, -0.25) is 0 Å². The molecule has 2 bridgehead atoms. The topological polar surface area (TPSA) is 43.4 Å². The smallest absolute Gasteiger partial charge is 0.180 e. The highest BCUT2D eigenvalue weighted by atomic mass is 35.5. The van der Waals surface area contributed by atoms with Crippen molar-refractivity contribution in [3.63, 3.8) is 0 Å². The van der Waals surface area contributed by atoms with Crippen molar-refractivity contribution in [1.29, 1.82) is 0 Å². The third kappa shape index (κ3) is 0.818. The first-order valence-corrected chi connectivity index (χ1v) is 6.47. The van der Waals surface area contributed by atoms with Crippen molar-refractivity contribution in [3.8, 4) is 0 Å². The minimum Gasteiger partial charge on any atom is -0.363 e. The minimum atomic E-state index is -3.36. The molecular weight excluding hydrogens is 247 g/mol. The first-order valence-electron chi connectivity index (χ1n) is 4.10. The molecule has 0 aromatic heterocycles. The Morgan fingerprint density at radius 3 is 2.79 bits per heavy atom. The van der Waals surface area contributed by atoms with E-state index in [0.717, 1.165) is 5.41 Å². The maximum absolute atomic E-state index is 11.7. The van der Waals surface area contributed by atoms with Crippen LogP contribution in [-0.2, 0) is 14.6 Å². The van der Waals surface area contributed by atoms with E-state index in [1.54, 1.807) is 12.2 Å². The van der Waals surface area contributed by atoms with Crippen LogP contribution in [0, 0.1) is 0 Å². The van der Waals surface area contributed by atoms with E-state index in [1.165, 1.54) is 0 Å². The molecule has 6 heteroatoms. The molecule has 1 fully saturated rings. The number of fused-ring (bicyclic) bond motifs is 5. The fraction of sp³-hybridized carbons (Fsp3) is 0.500. The monoisotopic (exact) mass is 252 g/mol. The van der Waals surface area contributed by atoms with Gasteiger partial charge in [0.25, 0.3) is 0 Å². The van der Waals surface area contributed by atoms with E-state index in [1.807, 2.05) is 0 Å². The molecule has 1 saturated heterocycles. The molecule has 3 aliphatic heterocycles. The summed E-state index contributed by atoms with van der Waals surface area (Å²) in [6, 6.07) is 0. The van der Waals surface area contributed by atoms with Crippen LogP contribution in [0.5, 0.6) is 0 Å². The van der Waals surface area contributed by atoms with Crippen molar-refractivity contribution in [2.75, 3.05) is 0 Å². The Morgan fingerprint density at radius 2 is 2.14 bits per heavy atom. The zero-order chi connectivity index (χ0) is 10.1. The van der Waals surface area contributed by atoms with Crippen LogP contribution in [0.4, 0.5) is 0 Å². The van der Waals surface area contributed by atoms with Crippen molar-refractivity contribution < 1.29 is 13.2 Å². The van der Waals surface area contributed by atoms with Gasteiger partial charge in [0.05, 0.1) is 11.1 Å². The average molecular weight is 253 g/mol. The van der Waals surface area contributed by atoms with E-state index in [0.29, 0.717) is 0 Å². The summed E-state index contributed by atoms with van der Waals surface area (Å²) in [5.41, 5.74) is 0. The Morgan fingerprint density at radius 1 is 1.43 bits per heavy atom. The summed E-state index contributed by atoms with van der Waals surface area (Å²) in [5.74, 6) is 0. The van der Waals surface area contributed by atoms with Gasteiger partial charge in [-0.25, -0.2) is 8.42 Å². The lowest BCUT2D eigenvalue weighted by Crippen LogP contribution is -2.44. The van der Waals surface area contributed by atoms with E-state index in [2.05, 4.69) is 0 Å². The molecule has 3 aliphatic rings. The normalized spacial score (nSPS) is 52.1. The van der Waals surface area contributed by atoms with Crippen molar-refractivity contribution in [2.45, 2.75) is 22.3 Å². The molecule has 3 nitrogen and oxygen atoms in total. The molecular formula is C8H6Cl2O3S. The average Bonchev–Trinajstić information content (AvgIpc) is 2.64. The second-order valence-corrected chi connectivity index (χ2v) is 6.60. The summed E-state index contributed by atoms with van der Waals surface area (Å²) in [6.07, 6.45) is 2.64. The van der Waals surface area contributed by atoms with Crippen LogP contribution in [0.2, 0.25) is 0 Å². The predicted molar refractivity (Wildman–Crippen MR) is 53.0 cm³/mol. The lowest BCUT2D eigenvalue weighted by atomic mass is 9.93. The van der Waals surface area contributed by atoms with Crippen LogP contribution in [0.3, 0.4) is 0 Å². The van der Waals surface area contributed by atoms with Crippen molar-refractivity contribution in [3.05, 3.63) is 22.6 Å². The van der Waals surface area contributed by atoms with Gasteiger partial charge in [0.1, 0.15) is 16.2 Å². The third-order valence-electron chi connectivity index (χ3n) is 2.89.